The Balaban J connectivity index is 1.45. The molecule has 0 radical (unpaired) electrons. The van der Waals surface area contributed by atoms with Crippen molar-refractivity contribution in [2.75, 3.05) is 13.1 Å². The van der Waals surface area contributed by atoms with E-state index in [1.54, 1.807) is 0 Å². The maximum atomic E-state index is 4.67. The first kappa shape index (κ1) is 16.3. The summed E-state index contributed by atoms with van der Waals surface area (Å²) in [5.74, 6) is 3.97. The van der Waals surface area contributed by atoms with Gasteiger partial charge in [0.05, 0.1) is 0 Å². The van der Waals surface area contributed by atoms with E-state index in [0.29, 0.717) is 6.54 Å². The summed E-state index contributed by atoms with van der Waals surface area (Å²) in [5, 5.41) is 15.3. The van der Waals surface area contributed by atoms with Crippen LogP contribution >= 0.6 is 0 Å². The van der Waals surface area contributed by atoms with E-state index < -0.39 is 0 Å². The van der Waals surface area contributed by atoms with E-state index in [2.05, 4.69) is 37.3 Å². The predicted octanol–water partition coefficient (Wildman–Crippen LogP) is 2.25. The molecular weight excluding hydrogens is 288 g/mol. The molecule has 6 heteroatoms. The number of aliphatic imine (C=N–C) groups is 1. The topological polar surface area (TPSA) is 67.1 Å². The minimum atomic E-state index is 0.602. The molecule has 1 saturated carbocycles. The van der Waals surface area contributed by atoms with Gasteiger partial charge in [-0.2, -0.15) is 0 Å². The number of rotatable bonds is 7. The van der Waals surface area contributed by atoms with Crippen LogP contribution in [0.5, 0.6) is 0 Å². The molecule has 0 saturated heterocycles. The summed E-state index contributed by atoms with van der Waals surface area (Å²) >= 11 is 0. The van der Waals surface area contributed by atoms with Gasteiger partial charge in [0.15, 0.2) is 11.8 Å². The second-order valence-corrected chi connectivity index (χ2v) is 6.70. The number of hydrogen-bond donors (Lipinski definition) is 2. The molecule has 23 heavy (non-hydrogen) atoms. The normalized spacial score (nSPS) is 18.4. The van der Waals surface area contributed by atoms with Crippen LogP contribution in [0.4, 0.5) is 0 Å². The highest BCUT2D eigenvalue weighted by Gasteiger charge is 2.17. The van der Waals surface area contributed by atoms with Crippen molar-refractivity contribution < 1.29 is 0 Å². The molecule has 1 aliphatic carbocycles. The maximum absolute atomic E-state index is 4.67. The van der Waals surface area contributed by atoms with Gasteiger partial charge in [-0.1, -0.05) is 25.7 Å². The average Bonchev–Trinajstić information content (AvgIpc) is 3.27. The molecule has 0 bridgehead atoms. The average molecular weight is 318 g/mol. The summed E-state index contributed by atoms with van der Waals surface area (Å²) in [5.41, 5.74) is 0. The number of nitrogens with zero attached hydrogens (tertiary/aromatic N) is 4. The first-order valence-corrected chi connectivity index (χ1v) is 9.30. The minimum Gasteiger partial charge on any atom is -0.357 e. The fourth-order valence-corrected chi connectivity index (χ4v) is 3.72. The lowest BCUT2D eigenvalue weighted by molar-refractivity contribution is 0.481. The third-order valence-electron chi connectivity index (χ3n) is 4.97. The van der Waals surface area contributed by atoms with Crippen molar-refractivity contribution in [2.24, 2.45) is 10.9 Å². The molecule has 2 heterocycles. The van der Waals surface area contributed by atoms with Crippen LogP contribution in [0.1, 0.15) is 63.5 Å². The van der Waals surface area contributed by atoms with Crippen LogP contribution in [0, 0.1) is 5.92 Å². The van der Waals surface area contributed by atoms with Crippen molar-refractivity contribution in [3.05, 3.63) is 11.6 Å². The Bertz CT molecular complexity index is 515. The molecule has 1 aromatic rings. The Morgan fingerprint density at radius 1 is 1.22 bits per heavy atom. The van der Waals surface area contributed by atoms with E-state index in [1.807, 2.05) is 0 Å². The van der Waals surface area contributed by atoms with Gasteiger partial charge < -0.3 is 15.2 Å². The number of fused-ring (bicyclic) bond motifs is 1. The van der Waals surface area contributed by atoms with Crippen LogP contribution < -0.4 is 10.6 Å². The van der Waals surface area contributed by atoms with Crippen molar-refractivity contribution in [2.45, 2.75) is 71.4 Å². The summed E-state index contributed by atoms with van der Waals surface area (Å²) in [6, 6.07) is 0. The van der Waals surface area contributed by atoms with Crippen LogP contribution in [0.2, 0.25) is 0 Å². The molecule has 3 rings (SSSR count). The smallest absolute Gasteiger partial charge is 0.191 e. The third-order valence-corrected chi connectivity index (χ3v) is 4.97. The van der Waals surface area contributed by atoms with E-state index in [9.17, 15) is 0 Å². The van der Waals surface area contributed by atoms with E-state index >= 15 is 0 Å². The van der Waals surface area contributed by atoms with E-state index in [-0.39, 0.29) is 0 Å². The van der Waals surface area contributed by atoms with Crippen LogP contribution in [0.3, 0.4) is 0 Å². The van der Waals surface area contributed by atoms with Crippen molar-refractivity contribution in [3.8, 4) is 0 Å². The Labute approximate surface area is 139 Å². The molecule has 0 unspecified atom stereocenters. The minimum absolute atomic E-state index is 0.602. The van der Waals surface area contributed by atoms with E-state index in [1.165, 1.54) is 44.9 Å². The molecule has 1 fully saturated rings. The Kier molecular flexibility index (Phi) is 5.88. The molecule has 6 nitrogen and oxygen atoms in total. The van der Waals surface area contributed by atoms with Crippen LogP contribution in [-0.2, 0) is 19.5 Å². The lowest BCUT2D eigenvalue weighted by Crippen LogP contribution is -2.37. The van der Waals surface area contributed by atoms with Crippen molar-refractivity contribution in [3.63, 3.8) is 0 Å². The molecule has 128 valence electrons. The van der Waals surface area contributed by atoms with Gasteiger partial charge in [-0.05, 0) is 32.1 Å². The monoisotopic (exact) mass is 318 g/mol. The van der Waals surface area contributed by atoms with E-state index in [4.69, 9.17) is 0 Å². The molecule has 2 N–H and O–H groups in total. The molecular formula is C17H30N6. The first-order chi connectivity index (χ1) is 11.4. The molecule has 0 atom stereocenters. The Morgan fingerprint density at radius 3 is 2.91 bits per heavy atom. The molecule has 0 spiro atoms. The lowest BCUT2D eigenvalue weighted by atomic mass is 10.0. The van der Waals surface area contributed by atoms with Crippen LogP contribution in [0.25, 0.3) is 0 Å². The highest BCUT2D eigenvalue weighted by Crippen LogP contribution is 2.28. The molecule has 0 amide bonds. The van der Waals surface area contributed by atoms with Crippen LogP contribution in [0.15, 0.2) is 4.99 Å². The fraction of sp³-hybridized carbons (Fsp3) is 0.824. The van der Waals surface area contributed by atoms with Crippen molar-refractivity contribution >= 4 is 5.96 Å². The number of guanidine groups is 1. The number of aryl methyl sites for hydroxylation is 1. The third kappa shape index (κ3) is 4.45. The van der Waals surface area contributed by atoms with Gasteiger partial charge in [0.25, 0.3) is 0 Å². The van der Waals surface area contributed by atoms with Gasteiger partial charge in [0, 0.05) is 26.1 Å². The largest absolute Gasteiger partial charge is 0.357 e. The number of hydrogen-bond acceptors (Lipinski definition) is 3. The molecule has 1 aromatic heterocycles. The summed E-state index contributed by atoms with van der Waals surface area (Å²) < 4.78 is 2.22. The lowest BCUT2D eigenvalue weighted by Gasteiger charge is -2.13. The van der Waals surface area contributed by atoms with Gasteiger partial charge in [-0.3, -0.25) is 0 Å². The zero-order chi connectivity index (χ0) is 15.9. The molecule has 0 aromatic carbocycles. The summed E-state index contributed by atoms with van der Waals surface area (Å²) in [6.07, 6.45) is 10.6. The quantitative estimate of drug-likeness (QED) is 0.460. The SMILES string of the molecule is CCNC(=NCc1nnc2n1CCC2)NCCCC1CCCC1. The van der Waals surface area contributed by atoms with Crippen molar-refractivity contribution in [1.82, 2.24) is 25.4 Å². The standard InChI is InChI=1S/C17H30N6/c1-2-18-17(19-11-5-9-14-7-3-4-8-14)20-13-16-22-21-15-10-6-12-23(15)16/h14H,2-13H2,1H3,(H2,18,19,20). The summed E-state index contributed by atoms with van der Waals surface area (Å²) in [6.45, 7) is 5.63. The predicted molar refractivity (Wildman–Crippen MR) is 92.4 cm³/mol. The Morgan fingerprint density at radius 2 is 2.09 bits per heavy atom. The second-order valence-electron chi connectivity index (χ2n) is 6.70. The first-order valence-electron chi connectivity index (χ1n) is 9.30. The number of aromatic nitrogens is 3. The van der Waals surface area contributed by atoms with Gasteiger partial charge in [0.2, 0.25) is 0 Å². The molecule has 1 aliphatic heterocycles. The second kappa shape index (κ2) is 8.31. The van der Waals surface area contributed by atoms with Crippen molar-refractivity contribution in [1.29, 1.82) is 0 Å². The summed E-state index contributed by atoms with van der Waals surface area (Å²) in [4.78, 5) is 4.67. The molecule has 2 aliphatic rings. The number of nitrogens with one attached hydrogen (secondary N) is 2. The zero-order valence-corrected chi connectivity index (χ0v) is 14.4. The Hall–Kier alpha value is -1.59. The van der Waals surface area contributed by atoms with Gasteiger partial charge in [-0.25, -0.2) is 4.99 Å². The van der Waals surface area contributed by atoms with E-state index in [0.717, 1.165) is 49.6 Å². The highest BCUT2D eigenvalue weighted by molar-refractivity contribution is 5.79. The summed E-state index contributed by atoms with van der Waals surface area (Å²) in [7, 11) is 0. The van der Waals surface area contributed by atoms with Gasteiger partial charge in [-0.15, -0.1) is 10.2 Å². The zero-order valence-electron chi connectivity index (χ0n) is 14.4. The van der Waals surface area contributed by atoms with Crippen LogP contribution in [-0.4, -0.2) is 33.8 Å². The highest BCUT2D eigenvalue weighted by atomic mass is 15.3. The van der Waals surface area contributed by atoms with Gasteiger partial charge in [0.1, 0.15) is 12.4 Å². The van der Waals surface area contributed by atoms with Gasteiger partial charge >= 0.3 is 0 Å². The fourth-order valence-electron chi connectivity index (χ4n) is 3.72. The maximum Gasteiger partial charge on any atom is 0.191 e.